The summed E-state index contributed by atoms with van der Waals surface area (Å²) in [6.07, 6.45) is 0.880. The average molecular weight is 369 g/mol. The molecular weight excluding hydrogens is 348 g/mol. The molecule has 0 saturated heterocycles. The van der Waals surface area contributed by atoms with E-state index in [2.05, 4.69) is 4.72 Å². The van der Waals surface area contributed by atoms with Gasteiger partial charge in [0.15, 0.2) is 0 Å². The molecule has 136 valence electrons. The highest BCUT2D eigenvalue weighted by atomic mass is 32.2. The van der Waals surface area contributed by atoms with Crippen LogP contribution in [0.25, 0.3) is 11.1 Å². The molecule has 2 rings (SSSR count). The molecule has 0 aliphatic heterocycles. The van der Waals surface area contributed by atoms with Crippen molar-refractivity contribution in [3.8, 4) is 11.1 Å². The fourth-order valence-electron chi connectivity index (χ4n) is 2.60. The smallest absolute Gasteiger partial charge is 0.240 e. The van der Waals surface area contributed by atoms with Gasteiger partial charge >= 0.3 is 0 Å². The number of benzene rings is 2. The predicted octanol–water partition coefficient (Wildman–Crippen LogP) is 3.38. The van der Waals surface area contributed by atoms with Crippen molar-refractivity contribution in [1.29, 1.82) is 0 Å². The zero-order chi connectivity index (χ0) is 18.6. The lowest BCUT2D eigenvalue weighted by molar-refractivity contribution is 0.270. The Balaban J connectivity index is 2.35. The number of sulfonamides is 1. The lowest BCUT2D eigenvalue weighted by Gasteiger charge is -2.17. The highest BCUT2D eigenvalue weighted by Crippen LogP contribution is 2.28. The van der Waals surface area contributed by atoms with Gasteiger partial charge in [-0.15, -0.1) is 0 Å². The van der Waals surface area contributed by atoms with Gasteiger partial charge in [0.25, 0.3) is 0 Å². The molecule has 25 heavy (non-hydrogen) atoms. The molecule has 1 atom stereocenters. The van der Waals surface area contributed by atoms with Gasteiger partial charge in [-0.05, 0) is 55.2 Å². The third kappa shape index (κ3) is 4.62. The van der Waals surface area contributed by atoms with Crippen molar-refractivity contribution in [2.45, 2.75) is 37.6 Å². The second-order valence-electron chi connectivity index (χ2n) is 5.84. The number of halogens is 2. The van der Waals surface area contributed by atoms with Gasteiger partial charge in [0.2, 0.25) is 10.0 Å². The van der Waals surface area contributed by atoms with E-state index in [-0.39, 0.29) is 23.1 Å². The first-order valence-electron chi connectivity index (χ1n) is 7.97. The van der Waals surface area contributed by atoms with Gasteiger partial charge in [-0.2, -0.15) is 0 Å². The molecule has 4 nitrogen and oxygen atoms in total. The number of aliphatic hydroxyl groups excluding tert-OH is 1. The molecule has 2 N–H and O–H groups in total. The monoisotopic (exact) mass is 369 g/mol. The van der Waals surface area contributed by atoms with Crippen LogP contribution in [-0.4, -0.2) is 26.2 Å². The maximum atomic E-state index is 14.0. The maximum absolute atomic E-state index is 14.0. The van der Waals surface area contributed by atoms with Crippen LogP contribution in [0.4, 0.5) is 8.78 Å². The van der Waals surface area contributed by atoms with Gasteiger partial charge in [-0.1, -0.05) is 13.0 Å². The number of hydrogen-bond acceptors (Lipinski definition) is 3. The average Bonchev–Trinajstić information content (AvgIpc) is 2.55. The largest absolute Gasteiger partial charge is 0.396 e. The maximum Gasteiger partial charge on any atom is 0.240 e. The van der Waals surface area contributed by atoms with Crippen LogP contribution in [0.3, 0.4) is 0 Å². The Bertz CT molecular complexity index is 853. The van der Waals surface area contributed by atoms with Gasteiger partial charge in [-0.25, -0.2) is 21.9 Å². The van der Waals surface area contributed by atoms with Crippen LogP contribution in [0, 0.1) is 18.6 Å². The fraction of sp³-hybridized carbons (Fsp3) is 0.333. The molecular formula is C18H21F2NO3S. The molecule has 0 aromatic heterocycles. The van der Waals surface area contributed by atoms with Crippen LogP contribution in [-0.2, 0) is 10.0 Å². The normalized spacial score (nSPS) is 13.0. The van der Waals surface area contributed by atoms with Gasteiger partial charge in [-0.3, -0.25) is 0 Å². The molecule has 7 heteroatoms. The molecule has 0 aliphatic rings. The Labute approximate surface area is 146 Å². The predicted molar refractivity (Wildman–Crippen MR) is 92.6 cm³/mol. The summed E-state index contributed by atoms with van der Waals surface area (Å²) in [5.74, 6) is -1.37. The highest BCUT2D eigenvalue weighted by molar-refractivity contribution is 7.89. The fourth-order valence-corrected chi connectivity index (χ4v) is 4.04. The summed E-state index contributed by atoms with van der Waals surface area (Å²) in [5.41, 5.74) is 1.27. The molecule has 0 amide bonds. The summed E-state index contributed by atoms with van der Waals surface area (Å²) in [4.78, 5) is 0.0626. The van der Waals surface area contributed by atoms with E-state index in [1.54, 1.807) is 6.92 Å². The number of aryl methyl sites for hydroxylation is 1. The number of nitrogens with one attached hydrogen (secondary N) is 1. The zero-order valence-corrected chi connectivity index (χ0v) is 14.9. The minimum absolute atomic E-state index is 0.0626. The molecule has 0 fully saturated rings. The number of aliphatic hydroxyl groups is 1. The summed E-state index contributed by atoms with van der Waals surface area (Å²) >= 11 is 0. The Morgan fingerprint density at radius 3 is 2.36 bits per heavy atom. The molecule has 0 heterocycles. The van der Waals surface area contributed by atoms with Gasteiger partial charge in [0, 0.05) is 24.3 Å². The van der Waals surface area contributed by atoms with Gasteiger partial charge in [0.05, 0.1) is 4.90 Å². The minimum Gasteiger partial charge on any atom is -0.396 e. The first-order chi connectivity index (χ1) is 11.8. The van der Waals surface area contributed by atoms with Crippen LogP contribution in [0.2, 0.25) is 0 Å². The Kier molecular flexibility index (Phi) is 6.26. The van der Waals surface area contributed by atoms with Crippen LogP contribution in [0.5, 0.6) is 0 Å². The highest BCUT2D eigenvalue weighted by Gasteiger charge is 2.20. The third-order valence-corrected chi connectivity index (χ3v) is 5.54. The molecule has 0 spiro atoms. The van der Waals surface area contributed by atoms with Crippen molar-refractivity contribution in [3.63, 3.8) is 0 Å². The van der Waals surface area contributed by atoms with Crippen LogP contribution in [0.15, 0.2) is 41.3 Å². The first kappa shape index (κ1) is 19.5. The van der Waals surface area contributed by atoms with Crippen molar-refractivity contribution in [2.24, 2.45) is 0 Å². The number of hydrogen-bond donors (Lipinski definition) is 2. The summed E-state index contributed by atoms with van der Waals surface area (Å²) in [6.45, 7) is 3.39. The van der Waals surface area contributed by atoms with Gasteiger partial charge < -0.3 is 5.11 Å². The van der Waals surface area contributed by atoms with E-state index in [1.807, 2.05) is 6.92 Å². The van der Waals surface area contributed by atoms with Crippen molar-refractivity contribution >= 4 is 10.0 Å². The van der Waals surface area contributed by atoms with E-state index in [9.17, 15) is 17.2 Å². The summed E-state index contributed by atoms with van der Waals surface area (Å²) in [7, 11) is -3.75. The number of rotatable bonds is 7. The molecule has 0 bridgehead atoms. The van der Waals surface area contributed by atoms with Gasteiger partial charge in [0.1, 0.15) is 11.6 Å². The Hall–Kier alpha value is -1.83. The Morgan fingerprint density at radius 2 is 1.80 bits per heavy atom. The van der Waals surface area contributed by atoms with Crippen LogP contribution in [0.1, 0.15) is 25.3 Å². The lowest BCUT2D eigenvalue weighted by Crippen LogP contribution is -2.35. The summed E-state index contributed by atoms with van der Waals surface area (Å²) in [6, 6.07) is 7.27. The standard InChI is InChI=1S/C18H21F2NO3S/c1-3-14(8-9-22)21-25(23,24)15-5-7-16(12(2)10-15)17-6-4-13(19)11-18(17)20/h4-7,10-11,14,21-22H,3,8-9H2,1-2H3/t14-/m1/s1. The second kappa shape index (κ2) is 8.03. The molecule has 0 unspecified atom stereocenters. The third-order valence-electron chi connectivity index (χ3n) is 4.02. The molecule has 2 aromatic carbocycles. The topological polar surface area (TPSA) is 66.4 Å². The Morgan fingerprint density at radius 1 is 1.12 bits per heavy atom. The van der Waals surface area contributed by atoms with Crippen molar-refractivity contribution < 1.29 is 22.3 Å². The van der Waals surface area contributed by atoms with E-state index in [4.69, 9.17) is 5.11 Å². The van der Waals surface area contributed by atoms with E-state index in [1.165, 1.54) is 24.3 Å². The molecule has 2 aromatic rings. The van der Waals surface area contributed by atoms with Crippen molar-refractivity contribution in [2.75, 3.05) is 6.61 Å². The van der Waals surface area contributed by atoms with E-state index in [0.29, 0.717) is 24.0 Å². The second-order valence-corrected chi connectivity index (χ2v) is 7.55. The van der Waals surface area contributed by atoms with Crippen LogP contribution < -0.4 is 4.72 Å². The SMILES string of the molecule is CC[C@H](CCO)NS(=O)(=O)c1ccc(-c2ccc(F)cc2F)c(C)c1. The molecule has 0 saturated carbocycles. The van der Waals surface area contributed by atoms with Crippen LogP contribution >= 0.6 is 0 Å². The van der Waals surface area contributed by atoms with Crippen molar-refractivity contribution in [3.05, 3.63) is 53.6 Å². The van der Waals surface area contributed by atoms with E-state index in [0.717, 1.165) is 12.1 Å². The molecule has 0 aliphatic carbocycles. The van der Waals surface area contributed by atoms with E-state index >= 15 is 0 Å². The summed E-state index contributed by atoms with van der Waals surface area (Å²) in [5, 5.41) is 8.99. The first-order valence-corrected chi connectivity index (χ1v) is 9.46. The molecule has 0 radical (unpaired) electrons. The lowest BCUT2D eigenvalue weighted by atomic mass is 10.0. The van der Waals surface area contributed by atoms with Crippen molar-refractivity contribution in [1.82, 2.24) is 4.72 Å². The minimum atomic E-state index is -3.75. The summed E-state index contributed by atoms with van der Waals surface area (Å²) < 4.78 is 54.5. The van der Waals surface area contributed by atoms with E-state index < -0.39 is 21.7 Å². The quantitative estimate of drug-likeness (QED) is 0.786. The zero-order valence-electron chi connectivity index (χ0n) is 14.1.